The second-order valence-corrected chi connectivity index (χ2v) is 12.6. The molecule has 106 valence electrons. The smallest absolute Gasteiger partial charge is 0.202 e. The first-order valence-electron chi connectivity index (χ1n) is 6.85. The average molecular weight is 329 g/mol. The van der Waals surface area contributed by atoms with E-state index in [0.29, 0.717) is 0 Å². The van der Waals surface area contributed by atoms with Gasteiger partial charge < -0.3 is 12.4 Å². The van der Waals surface area contributed by atoms with Gasteiger partial charge in [-0.05, 0) is 36.4 Å². The van der Waals surface area contributed by atoms with Gasteiger partial charge in [0, 0.05) is 0 Å². The highest BCUT2D eigenvalue weighted by atomic mass is 35.5. The summed E-state index contributed by atoms with van der Waals surface area (Å²) < 4.78 is 0. The van der Waals surface area contributed by atoms with Crippen molar-refractivity contribution in [2.75, 3.05) is 0 Å². The van der Waals surface area contributed by atoms with Gasteiger partial charge in [0.15, 0.2) is 0 Å². The van der Waals surface area contributed by atoms with E-state index >= 15 is 0 Å². The van der Waals surface area contributed by atoms with Gasteiger partial charge in [-0.25, -0.2) is 0 Å². The van der Waals surface area contributed by atoms with Crippen molar-refractivity contribution >= 4 is 32.6 Å². The first-order valence-corrected chi connectivity index (χ1v) is 11.8. The molecule has 0 spiro atoms. The molecule has 0 fully saturated rings. The molecule has 0 atom stereocenters. The zero-order valence-electron chi connectivity index (χ0n) is 12.0. The minimum Gasteiger partial charge on any atom is -1.00 e. The Hall–Kier alpha value is -1.40. The van der Waals surface area contributed by atoms with Crippen molar-refractivity contribution < 1.29 is 12.4 Å². The largest absolute Gasteiger partial charge is 1.00 e. The summed E-state index contributed by atoms with van der Waals surface area (Å²) >= 11 is 0. The third-order valence-electron chi connectivity index (χ3n) is 3.82. The molecular formula is C18H18ClPSi. The van der Waals surface area contributed by atoms with E-state index in [1.165, 1.54) is 15.9 Å². The van der Waals surface area contributed by atoms with Gasteiger partial charge in [0.25, 0.3) is 0 Å². The number of rotatable bonds is 3. The highest BCUT2D eigenvalue weighted by Gasteiger charge is 2.38. The van der Waals surface area contributed by atoms with E-state index in [1.54, 1.807) is 0 Å². The van der Waals surface area contributed by atoms with E-state index in [2.05, 4.69) is 91.0 Å². The van der Waals surface area contributed by atoms with Gasteiger partial charge in [-0.3, -0.25) is 0 Å². The van der Waals surface area contributed by atoms with Gasteiger partial charge in [0.05, 0.1) is 22.7 Å². The Labute approximate surface area is 136 Å². The van der Waals surface area contributed by atoms with Crippen LogP contribution in [0, 0.1) is 0 Å². The Morgan fingerprint density at radius 2 is 0.714 bits per heavy atom. The molecule has 3 aromatic carbocycles. The molecule has 0 aromatic heterocycles. The van der Waals surface area contributed by atoms with Crippen molar-refractivity contribution in [3.05, 3.63) is 91.0 Å². The predicted octanol–water partition coefficient (Wildman–Crippen LogP) is -0.735. The van der Waals surface area contributed by atoms with E-state index in [-0.39, 0.29) is 12.4 Å². The topological polar surface area (TPSA) is 0 Å². The third-order valence-corrected chi connectivity index (χ3v) is 12.5. The van der Waals surface area contributed by atoms with E-state index in [9.17, 15) is 0 Å². The summed E-state index contributed by atoms with van der Waals surface area (Å²) in [6, 6.07) is 33.0. The van der Waals surface area contributed by atoms with Crippen LogP contribution in [0.2, 0.25) is 0 Å². The fourth-order valence-electron chi connectivity index (χ4n) is 2.63. The van der Waals surface area contributed by atoms with Crippen LogP contribution in [0.25, 0.3) is 0 Å². The monoisotopic (exact) mass is 328 g/mol. The van der Waals surface area contributed by atoms with Crippen molar-refractivity contribution in [2.45, 2.75) is 0 Å². The van der Waals surface area contributed by atoms with Crippen molar-refractivity contribution in [1.82, 2.24) is 0 Å². The fourth-order valence-corrected chi connectivity index (χ4v) is 8.51. The second kappa shape index (κ2) is 7.04. The van der Waals surface area contributed by atoms with Crippen molar-refractivity contribution in [3.8, 4) is 0 Å². The van der Waals surface area contributed by atoms with Gasteiger partial charge in [0.2, 0.25) is 9.91 Å². The van der Waals surface area contributed by atoms with E-state index in [4.69, 9.17) is 0 Å². The van der Waals surface area contributed by atoms with Crippen LogP contribution in [0.5, 0.6) is 0 Å². The van der Waals surface area contributed by atoms with Gasteiger partial charge in [-0.15, -0.1) is 0 Å². The normalized spacial score (nSPS) is 10.9. The Kier molecular flexibility index (Phi) is 5.36. The molecule has 0 heterocycles. The summed E-state index contributed by atoms with van der Waals surface area (Å²) in [7, 11) is 1.14. The van der Waals surface area contributed by atoms with Crippen molar-refractivity contribution in [1.29, 1.82) is 0 Å². The Morgan fingerprint density at radius 1 is 0.476 bits per heavy atom. The van der Waals surface area contributed by atoms with E-state index in [1.807, 2.05) is 0 Å². The van der Waals surface area contributed by atoms with Gasteiger partial charge in [0.1, 0.15) is 0 Å². The molecule has 3 rings (SSSR count). The van der Waals surface area contributed by atoms with Crippen LogP contribution in [0.15, 0.2) is 91.0 Å². The summed E-state index contributed by atoms with van der Waals surface area (Å²) in [6.45, 7) is -1.39. The maximum Gasteiger partial charge on any atom is 0.202 e. The van der Waals surface area contributed by atoms with Crippen LogP contribution in [0.4, 0.5) is 0 Å². The Morgan fingerprint density at radius 3 is 0.952 bits per heavy atom. The molecule has 0 aliphatic heterocycles. The molecule has 0 radical (unpaired) electrons. The second-order valence-electron chi connectivity index (χ2n) is 5.01. The van der Waals surface area contributed by atoms with E-state index in [0.717, 1.165) is 9.91 Å². The Balaban J connectivity index is 0.00000161. The predicted molar refractivity (Wildman–Crippen MR) is 95.1 cm³/mol. The van der Waals surface area contributed by atoms with Gasteiger partial charge in [-0.1, -0.05) is 54.6 Å². The van der Waals surface area contributed by atoms with Gasteiger partial charge in [-0.2, -0.15) is 0 Å². The fraction of sp³-hybridized carbons (Fsp3) is 0. The highest BCUT2D eigenvalue weighted by molar-refractivity contribution is 8.13. The number of benzene rings is 3. The lowest BCUT2D eigenvalue weighted by Crippen LogP contribution is -3.00. The lowest BCUT2D eigenvalue weighted by Gasteiger charge is -2.24. The quantitative estimate of drug-likeness (QED) is 0.439. The summed E-state index contributed by atoms with van der Waals surface area (Å²) in [5.41, 5.74) is 0. The SMILES string of the molecule is [Cl-].[SiH3][P+](c1ccccc1)(c1ccccc1)c1ccccc1. The summed E-state index contributed by atoms with van der Waals surface area (Å²) in [5.74, 6) is 0. The summed E-state index contributed by atoms with van der Waals surface area (Å²) in [5, 5.41) is 4.47. The number of hydrogen-bond donors (Lipinski definition) is 0. The first kappa shape index (κ1) is 16.0. The van der Waals surface area contributed by atoms with Crippen LogP contribution in [0.1, 0.15) is 0 Å². The summed E-state index contributed by atoms with van der Waals surface area (Å²) in [4.78, 5) is 0. The molecule has 0 aliphatic rings. The maximum absolute atomic E-state index is 2.29. The molecule has 0 saturated heterocycles. The zero-order valence-corrected chi connectivity index (χ0v) is 15.6. The summed E-state index contributed by atoms with van der Waals surface area (Å²) in [6.07, 6.45) is 0. The van der Waals surface area contributed by atoms with E-state index < -0.39 is 6.81 Å². The molecule has 3 aromatic rings. The van der Waals surface area contributed by atoms with Crippen LogP contribution >= 0.6 is 6.81 Å². The minimum absolute atomic E-state index is 0. The molecule has 0 bridgehead atoms. The van der Waals surface area contributed by atoms with Crippen LogP contribution in [0.3, 0.4) is 0 Å². The molecule has 21 heavy (non-hydrogen) atoms. The molecule has 3 heteroatoms. The molecular weight excluding hydrogens is 311 g/mol. The van der Waals surface area contributed by atoms with Gasteiger partial charge >= 0.3 is 0 Å². The Bertz CT molecular complexity index is 575. The van der Waals surface area contributed by atoms with Crippen LogP contribution in [-0.4, -0.2) is 9.91 Å². The molecule has 0 amide bonds. The lowest BCUT2D eigenvalue weighted by molar-refractivity contribution is -0.00000373. The number of halogens is 1. The standard InChI is InChI=1S/C18H18PSi.ClH/c20-19(16-10-4-1-5-11-16,17-12-6-2-7-13-17)18-14-8-3-9-15-18;/h1-15H,20H3;1H/q+1;/p-1. The number of hydrogen-bond acceptors (Lipinski definition) is 0. The highest BCUT2D eigenvalue weighted by Crippen LogP contribution is 2.49. The van der Waals surface area contributed by atoms with Crippen molar-refractivity contribution in [2.24, 2.45) is 0 Å². The minimum atomic E-state index is -1.39. The maximum atomic E-state index is 2.29. The molecule has 0 aliphatic carbocycles. The molecule has 0 nitrogen and oxygen atoms in total. The zero-order chi connectivity index (χ0) is 13.8. The molecule has 0 N–H and O–H groups in total. The van der Waals surface area contributed by atoms with Crippen LogP contribution in [-0.2, 0) is 0 Å². The molecule has 0 unspecified atom stereocenters. The van der Waals surface area contributed by atoms with Crippen molar-refractivity contribution in [3.63, 3.8) is 0 Å². The first-order chi connectivity index (χ1) is 9.82. The average Bonchev–Trinajstić information content (AvgIpc) is 2.56. The third kappa shape index (κ3) is 3.11. The van der Waals surface area contributed by atoms with Crippen LogP contribution < -0.4 is 28.3 Å². The molecule has 0 saturated carbocycles. The lowest BCUT2D eigenvalue weighted by atomic mass is 10.4.